The second-order valence-electron chi connectivity index (χ2n) is 4.81. The van der Waals surface area contributed by atoms with Crippen molar-refractivity contribution >= 4 is 40.6 Å². The largest absolute Gasteiger partial charge is 0.269 e. The van der Waals surface area contributed by atoms with Crippen LogP contribution < -0.4 is 5.56 Å². The minimum atomic E-state index is -0.0884. The van der Waals surface area contributed by atoms with Gasteiger partial charge in [0.05, 0.1) is 15.7 Å². The molecule has 0 saturated carbocycles. The Morgan fingerprint density at radius 2 is 1.91 bits per heavy atom. The molecule has 0 amide bonds. The number of thioether (sulfide) groups is 1. The first-order valence-electron chi connectivity index (χ1n) is 6.61. The summed E-state index contributed by atoms with van der Waals surface area (Å²) in [4.78, 5) is 17.5. The lowest BCUT2D eigenvalue weighted by molar-refractivity contribution is 1.00. The molecule has 0 bridgehead atoms. The smallest absolute Gasteiger partial charge is 0.258 e. The van der Waals surface area contributed by atoms with Crippen molar-refractivity contribution in [1.29, 1.82) is 0 Å². The second-order valence-corrected chi connectivity index (χ2v) is 6.61. The number of benzene rings is 1. The van der Waals surface area contributed by atoms with Gasteiger partial charge in [0.1, 0.15) is 5.65 Å². The van der Waals surface area contributed by atoms with E-state index in [2.05, 4.69) is 4.98 Å². The minimum Gasteiger partial charge on any atom is -0.269 e. The van der Waals surface area contributed by atoms with Gasteiger partial charge in [0, 0.05) is 22.9 Å². The number of rotatable bonds is 3. The molecule has 0 radical (unpaired) electrons. The predicted octanol–water partition coefficient (Wildman–Crippen LogP) is 4.60. The first-order valence-corrected chi connectivity index (χ1v) is 8.35. The number of hydrogen-bond donors (Lipinski definition) is 0. The van der Waals surface area contributed by atoms with Gasteiger partial charge in [-0.3, -0.25) is 9.20 Å². The Hall–Kier alpha value is -1.49. The highest BCUT2D eigenvalue weighted by molar-refractivity contribution is 7.98. The first kappa shape index (κ1) is 15.4. The number of halogens is 2. The van der Waals surface area contributed by atoms with Gasteiger partial charge in [-0.05, 0) is 30.7 Å². The molecule has 2 aromatic heterocycles. The van der Waals surface area contributed by atoms with Crippen LogP contribution in [-0.4, -0.2) is 9.38 Å². The number of hydrogen-bond acceptors (Lipinski definition) is 3. The van der Waals surface area contributed by atoms with E-state index >= 15 is 0 Å². The summed E-state index contributed by atoms with van der Waals surface area (Å²) in [7, 11) is 0. The lowest BCUT2D eigenvalue weighted by Gasteiger charge is -2.08. The highest BCUT2D eigenvalue weighted by Gasteiger charge is 2.09. The van der Waals surface area contributed by atoms with Crippen LogP contribution in [0.4, 0.5) is 0 Å². The van der Waals surface area contributed by atoms with Crippen LogP contribution in [0.3, 0.4) is 0 Å². The van der Waals surface area contributed by atoms with E-state index in [4.69, 9.17) is 23.2 Å². The molecule has 0 N–H and O–H groups in total. The van der Waals surface area contributed by atoms with Crippen molar-refractivity contribution in [2.75, 3.05) is 0 Å². The van der Waals surface area contributed by atoms with Crippen LogP contribution in [0.2, 0.25) is 10.0 Å². The zero-order chi connectivity index (χ0) is 15.7. The first-order chi connectivity index (χ1) is 10.6. The van der Waals surface area contributed by atoms with Crippen LogP contribution in [-0.2, 0) is 5.75 Å². The molecule has 0 unspecified atom stereocenters. The molecule has 22 heavy (non-hydrogen) atoms. The molecule has 0 saturated heterocycles. The maximum Gasteiger partial charge on any atom is 0.258 e. The highest BCUT2D eigenvalue weighted by Crippen LogP contribution is 2.35. The summed E-state index contributed by atoms with van der Waals surface area (Å²) in [5.41, 5.74) is 2.26. The fraction of sp³-hybridized carbons (Fsp3) is 0.125. The third-order valence-electron chi connectivity index (χ3n) is 3.22. The van der Waals surface area contributed by atoms with E-state index < -0.39 is 0 Å². The molecule has 3 aromatic rings. The standard InChI is InChI=1S/C16H12Cl2N2OS/c1-10-4-3-7-20-14(21)8-11(19-16(10)20)9-22-15-12(17)5-2-6-13(15)18/h2-8H,9H2,1H3. The molecular formula is C16H12Cl2N2OS. The van der Waals surface area contributed by atoms with Gasteiger partial charge in [0.2, 0.25) is 0 Å². The van der Waals surface area contributed by atoms with Crippen LogP contribution in [0.15, 0.2) is 52.3 Å². The van der Waals surface area contributed by atoms with Crippen LogP contribution in [0.1, 0.15) is 11.3 Å². The quantitative estimate of drug-likeness (QED) is 0.647. The maximum atomic E-state index is 12.2. The number of aryl methyl sites for hydroxylation is 1. The van der Waals surface area contributed by atoms with E-state index in [1.54, 1.807) is 34.9 Å². The van der Waals surface area contributed by atoms with Gasteiger partial charge in [-0.15, -0.1) is 11.8 Å². The third-order valence-corrected chi connectivity index (χ3v) is 5.25. The molecule has 0 aliphatic heterocycles. The van der Waals surface area contributed by atoms with Crippen LogP contribution in [0.25, 0.3) is 5.65 Å². The van der Waals surface area contributed by atoms with E-state index in [0.29, 0.717) is 27.1 Å². The molecular weight excluding hydrogens is 339 g/mol. The predicted molar refractivity (Wildman–Crippen MR) is 92.2 cm³/mol. The molecule has 2 heterocycles. The summed E-state index contributed by atoms with van der Waals surface area (Å²) in [5, 5.41) is 1.21. The van der Waals surface area contributed by atoms with E-state index in [0.717, 1.165) is 10.5 Å². The molecule has 0 fully saturated rings. The Morgan fingerprint density at radius 1 is 1.18 bits per heavy atom. The van der Waals surface area contributed by atoms with Gasteiger partial charge in [-0.25, -0.2) is 4.98 Å². The topological polar surface area (TPSA) is 34.4 Å². The maximum absolute atomic E-state index is 12.2. The zero-order valence-corrected chi connectivity index (χ0v) is 14.0. The Morgan fingerprint density at radius 3 is 2.64 bits per heavy atom. The zero-order valence-electron chi connectivity index (χ0n) is 11.7. The average Bonchev–Trinajstić information content (AvgIpc) is 2.48. The summed E-state index contributed by atoms with van der Waals surface area (Å²) in [6.45, 7) is 1.93. The fourth-order valence-electron chi connectivity index (χ4n) is 2.15. The summed E-state index contributed by atoms with van der Waals surface area (Å²) in [6.07, 6.45) is 1.72. The summed E-state index contributed by atoms with van der Waals surface area (Å²) < 4.78 is 1.55. The summed E-state index contributed by atoms with van der Waals surface area (Å²) in [5.74, 6) is 0.531. The Labute approximate surface area is 141 Å². The van der Waals surface area contributed by atoms with Gasteiger partial charge in [0.15, 0.2) is 0 Å². The van der Waals surface area contributed by atoms with Gasteiger partial charge in [0.25, 0.3) is 5.56 Å². The van der Waals surface area contributed by atoms with E-state index in [9.17, 15) is 4.79 Å². The molecule has 3 nitrogen and oxygen atoms in total. The van der Waals surface area contributed by atoms with Crippen LogP contribution in [0, 0.1) is 6.92 Å². The number of fused-ring (bicyclic) bond motifs is 1. The second kappa shape index (κ2) is 6.32. The van der Waals surface area contributed by atoms with Gasteiger partial charge in [-0.2, -0.15) is 0 Å². The van der Waals surface area contributed by atoms with Gasteiger partial charge >= 0.3 is 0 Å². The monoisotopic (exact) mass is 350 g/mol. The minimum absolute atomic E-state index is 0.0884. The van der Waals surface area contributed by atoms with Gasteiger partial charge < -0.3 is 0 Å². The molecule has 0 aliphatic carbocycles. The number of pyridine rings is 1. The molecule has 112 valence electrons. The molecule has 1 aromatic carbocycles. The normalized spacial score (nSPS) is 11.0. The average molecular weight is 351 g/mol. The van der Waals surface area contributed by atoms with E-state index in [1.807, 2.05) is 19.1 Å². The Kier molecular flexibility index (Phi) is 4.43. The van der Waals surface area contributed by atoms with Crippen molar-refractivity contribution in [3.8, 4) is 0 Å². The summed E-state index contributed by atoms with van der Waals surface area (Å²) >= 11 is 13.8. The number of aromatic nitrogens is 2. The SMILES string of the molecule is Cc1cccn2c(=O)cc(CSc3c(Cl)cccc3Cl)nc12. The Bertz CT molecular complexity index is 888. The lowest BCUT2D eigenvalue weighted by atomic mass is 10.3. The van der Waals surface area contributed by atoms with Crippen molar-refractivity contribution in [2.24, 2.45) is 0 Å². The Balaban J connectivity index is 1.95. The molecule has 0 spiro atoms. The molecule has 3 rings (SSSR count). The molecule has 6 heteroatoms. The molecule has 0 atom stereocenters. The van der Waals surface area contributed by atoms with Crippen molar-refractivity contribution in [3.05, 3.63) is 74.3 Å². The van der Waals surface area contributed by atoms with Gasteiger partial charge in [-0.1, -0.05) is 35.3 Å². The lowest BCUT2D eigenvalue weighted by Crippen LogP contribution is -2.15. The fourth-order valence-corrected chi connectivity index (χ4v) is 3.73. The van der Waals surface area contributed by atoms with E-state index in [1.165, 1.54) is 11.8 Å². The van der Waals surface area contributed by atoms with Crippen molar-refractivity contribution in [1.82, 2.24) is 9.38 Å². The van der Waals surface area contributed by atoms with Crippen molar-refractivity contribution < 1.29 is 0 Å². The highest BCUT2D eigenvalue weighted by atomic mass is 35.5. The van der Waals surface area contributed by atoms with E-state index in [-0.39, 0.29) is 5.56 Å². The summed E-state index contributed by atoms with van der Waals surface area (Å²) in [6, 6.07) is 10.7. The van der Waals surface area contributed by atoms with Crippen molar-refractivity contribution in [2.45, 2.75) is 17.6 Å². The van der Waals surface area contributed by atoms with Crippen LogP contribution >= 0.6 is 35.0 Å². The molecule has 0 aliphatic rings. The van der Waals surface area contributed by atoms with Crippen molar-refractivity contribution in [3.63, 3.8) is 0 Å². The third kappa shape index (κ3) is 3.00. The van der Waals surface area contributed by atoms with Crippen LogP contribution in [0.5, 0.6) is 0 Å². The number of nitrogens with zero attached hydrogens (tertiary/aromatic N) is 2.